The van der Waals surface area contributed by atoms with E-state index in [-0.39, 0.29) is 0 Å². The molecule has 2 aliphatic rings. The minimum Gasteiger partial charge on any atom is -0.358 e. The number of anilines is 1. The molecule has 0 saturated carbocycles. The number of imidazole rings is 1. The lowest BCUT2D eigenvalue weighted by Crippen LogP contribution is -2.46. The van der Waals surface area contributed by atoms with Gasteiger partial charge in [0.05, 0.1) is 11.7 Å². The molecule has 0 unspecified atom stereocenters. The normalized spacial score (nSPS) is 22.1. The van der Waals surface area contributed by atoms with Crippen LogP contribution in [-0.2, 0) is 6.54 Å². The maximum Gasteiger partial charge on any atom is 0.138 e. The second kappa shape index (κ2) is 7.26. The molecule has 3 aromatic heterocycles. The van der Waals surface area contributed by atoms with Crippen molar-refractivity contribution in [3.8, 4) is 0 Å². The van der Waals surface area contributed by atoms with Gasteiger partial charge in [-0.2, -0.15) is 0 Å². The predicted molar refractivity (Wildman–Crippen MR) is 112 cm³/mol. The number of fused-ring (bicyclic) bond motifs is 1. The van der Waals surface area contributed by atoms with Crippen LogP contribution < -0.4 is 4.90 Å². The fourth-order valence-electron chi connectivity index (χ4n) is 4.40. The van der Waals surface area contributed by atoms with E-state index in [9.17, 15) is 0 Å². The third-order valence-electron chi connectivity index (χ3n) is 5.95. The zero-order valence-electron chi connectivity index (χ0n) is 15.9. The van der Waals surface area contributed by atoms with Gasteiger partial charge >= 0.3 is 0 Å². The molecule has 5 nitrogen and oxygen atoms in total. The van der Waals surface area contributed by atoms with Crippen LogP contribution in [-0.4, -0.2) is 59.0 Å². The molecule has 142 valence electrons. The lowest BCUT2D eigenvalue weighted by atomic mass is 10.1. The molecule has 0 spiro atoms. The lowest BCUT2D eigenvalue weighted by molar-refractivity contribution is 0.0892. The quantitative estimate of drug-likeness (QED) is 0.691. The van der Waals surface area contributed by atoms with E-state index in [2.05, 4.69) is 68.1 Å². The van der Waals surface area contributed by atoms with E-state index in [1.165, 1.54) is 29.2 Å². The summed E-state index contributed by atoms with van der Waals surface area (Å²) in [5, 5.41) is 2.17. The maximum absolute atomic E-state index is 5.02. The van der Waals surface area contributed by atoms with Gasteiger partial charge in [0.2, 0.25) is 0 Å². The molecule has 2 aliphatic heterocycles. The molecule has 5 heterocycles. The highest BCUT2D eigenvalue weighted by Gasteiger charge is 2.28. The average Bonchev–Trinajstić information content (AvgIpc) is 3.44. The first kappa shape index (κ1) is 17.2. The molecule has 0 bridgehead atoms. The van der Waals surface area contributed by atoms with E-state index in [1.807, 2.05) is 11.3 Å². The monoisotopic (exact) mass is 381 g/mol. The van der Waals surface area contributed by atoms with Gasteiger partial charge < -0.3 is 4.90 Å². The van der Waals surface area contributed by atoms with Crippen molar-refractivity contribution in [1.82, 2.24) is 19.2 Å². The van der Waals surface area contributed by atoms with Crippen molar-refractivity contribution >= 4 is 22.8 Å². The van der Waals surface area contributed by atoms with Gasteiger partial charge in [-0.05, 0) is 43.5 Å². The van der Waals surface area contributed by atoms with Crippen molar-refractivity contribution in [2.75, 3.05) is 44.7 Å². The van der Waals surface area contributed by atoms with Crippen LogP contribution in [0.2, 0.25) is 0 Å². The highest BCUT2D eigenvalue weighted by molar-refractivity contribution is 7.09. The Labute approximate surface area is 164 Å². The van der Waals surface area contributed by atoms with E-state index in [0.29, 0.717) is 6.04 Å². The summed E-state index contributed by atoms with van der Waals surface area (Å²) in [6.45, 7) is 6.61. The molecule has 3 aromatic rings. The van der Waals surface area contributed by atoms with Crippen LogP contribution in [0.5, 0.6) is 0 Å². The van der Waals surface area contributed by atoms with Crippen LogP contribution in [0.1, 0.15) is 29.5 Å². The van der Waals surface area contributed by atoms with Crippen LogP contribution in [0.3, 0.4) is 0 Å². The van der Waals surface area contributed by atoms with Crippen LogP contribution in [0.4, 0.5) is 5.82 Å². The number of thiophene rings is 1. The van der Waals surface area contributed by atoms with Gasteiger partial charge in [-0.3, -0.25) is 14.2 Å². The Hall–Kier alpha value is -1.89. The Kier molecular flexibility index (Phi) is 4.63. The van der Waals surface area contributed by atoms with E-state index in [1.54, 1.807) is 0 Å². The number of likely N-dealkylation sites (N-methyl/N-ethyl adjacent to an activating group) is 1. The zero-order valence-corrected chi connectivity index (χ0v) is 16.7. The smallest absolute Gasteiger partial charge is 0.138 e. The molecule has 0 N–H and O–H groups in total. The molecular weight excluding hydrogens is 354 g/mol. The fourth-order valence-corrected chi connectivity index (χ4v) is 5.14. The van der Waals surface area contributed by atoms with Gasteiger partial charge in [0, 0.05) is 50.3 Å². The molecule has 6 heteroatoms. The first-order chi connectivity index (χ1) is 13.3. The van der Waals surface area contributed by atoms with E-state index in [0.717, 1.165) is 44.9 Å². The van der Waals surface area contributed by atoms with Gasteiger partial charge in [0.1, 0.15) is 11.5 Å². The van der Waals surface area contributed by atoms with Gasteiger partial charge in [-0.1, -0.05) is 12.1 Å². The number of rotatable bonds is 4. The van der Waals surface area contributed by atoms with Gasteiger partial charge in [0.15, 0.2) is 0 Å². The van der Waals surface area contributed by atoms with Crippen LogP contribution in [0.25, 0.3) is 5.65 Å². The van der Waals surface area contributed by atoms with Gasteiger partial charge in [-0.25, -0.2) is 4.98 Å². The summed E-state index contributed by atoms with van der Waals surface area (Å²) in [4.78, 5) is 14.0. The second-order valence-electron chi connectivity index (χ2n) is 7.78. The van der Waals surface area contributed by atoms with Gasteiger partial charge in [-0.15, -0.1) is 11.3 Å². The molecule has 2 saturated heterocycles. The standard InChI is InChI=1S/C21H27N5S/c1-23-11-12-24(14-17-6-5-13-27-17)16-19(23)18-15-26-20(22-18)7-4-8-21(26)25-9-2-3-10-25/h4-8,13,15,19H,2-3,9-12,14,16H2,1H3/t19-/m0/s1. The van der Waals surface area contributed by atoms with E-state index >= 15 is 0 Å². The van der Waals surface area contributed by atoms with Crippen molar-refractivity contribution < 1.29 is 0 Å². The van der Waals surface area contributed by atoms with Crippen molar-refractivity contribution in [2.45, 2.75) is 25.4 Å². The molecule has 2 fully saturated rings. The van der Waals surface area contributed by atoms with Crippen molar-refractivity contribution in [3.63, 3.8) is 0 Å². The number of aromatic nitrogens is 2. The second-order valence-corrected chi connectivity index (χ2v) is 8.82. The summed E-state index contributed by atoms with van der Waals surface area (Å²) in [5.41, 5.74) is 2.26. The van der Waals surface area contributed by atoms with Crippen LogP contribution in [0.15, 0.2) is 41.9 Å². The predicted octanol–water partition coefficient (Wildman–Crippen LogP) is 3.48. The largest absolute Gasteiger partial charge is 0.358 e. The fraction of sp³-hybridized carbons (Fsp3) is 0.476. The molecule has 0 amide bonds. The number of nitrogens with zero attached hydrogens (tertiary/aromatic N) is 5. The topological polar surface area (TPSA) is 27.0 Å². The molecular formula is C21H27N5S. The molecule has 0 aromatic carbocycles. The third-order valence-corrected chi connectivity index (χ3v) is 6.81. The Morgan fingerprint density at radius 1 is 1.07 bits per heavy atom. The third kappa shape index (κ3) is 3.37. The SMILES string of the molecule is CN1CCN(Cc2cccs2)C[C@H]1c1cn2c(N3CCCC3)cccc2n1. The summed E-state index contributed by atoms with van der Waals surface area (Å²) in [6.07, 6.45) is 4.86. The summed E-state index contributed by atoms with van der Waals surface area (Å²) in [6, 6.07) is 11.3. The first-order valence-corrected chi connectivity index (χ1v) is 10.8. The summed E-state index contributed by atoms with van der Waals surface area (Å²) in [5.74, 6) is 1.29. The zero-order chi connectivity index (χ0) is 18.2. The van der Waals surface area contributed by atoms with Crippen molar-refractivity contribution in [2.24, 2.45) is 0 Å². The Bertz CT molecular complexity index is 897. The average molecular weight is 382 g/mol. The van der Waals surface area contributed by atoms with E-state index < -0.39 is 0 Å². The maximum atomic E-state index is 5.02. The highest BCUT2D eigenvalue weighted by Crippen LogP contribution is 2.28. The molecule has 0 aliphatic carbocycles. The number of hydrogen-bond donors (Lipinski definition) is 0. The van der Waals surface area contributed by atoms with Gasteiger partial charge in [0.25, 0.3) is 0 Å². The Morgan fingerprint density at radius 3 is 2.78 bits per heavy atom. The number of hydrogen-bond acceptors (Lipinski definition) is 5. The summed E-state index contributed by atoms with van der Waals surface area (Å²) >= 11 is 1.85. The minimum atomic E-state index is 0.352. The Morgan fingerprint density at radius 2 is 1.96 bits per heavy atom. The molecule has 1 atom stereocenters. The van der Waals surface area contributed by atoms with Crippen molar-refractivity contribution in [3.05, 3.63) is 52.5 Å². The van der Waals surface area contributed by atoms with Crippen LogP contribution in [0, 0.1) is 0 Å². The minimum absolute atomic E-state index is 0.352. The molecule has 27 heavy (non-hydrogen) atoms. The Balaban J connectivity index is 1.42. The van der Waals surface area contributed by atoms with Crippen molar-refractivity contribution in [1.29, 1.82) is 0 Å². The summed E-state index contributed by atoms with van der Waals surface area (Å²) < 4.78 is 2.30. The lowest BCUT2D eigenvalue weighted by Gasteiger charge is -2.38. The molecule has 5 rings (SSSR count). The first-order valence-electron chi connectivity index (χ1n) is 9.96. The highest BCUT2D eigenvalue weighted by atomic mass is 32.1. The molecule has 0 radical (unpaired) electrons. The van der Waals surface area contributed by atoms with E-state index in [4.69, 9.17) is 4.98 Å². The number of piperazine rings is 1. The number of pyridine rings is 1. The summed E-state index contributed by atoms with van der Waals surface area (Å²) in [7, 11) is 2.23. The van der Waals surface area contributed by atoms with Crippen LogP contribution >= 0.6 is 11.3 Å².